The van der Waals surface area contributed by atoms with Crippen molar-refractivity contribution in [3.63, 3.8) is 0 Å². The standard InChI is InChI=1S/C8H9ClFN.C8H11NS/c1-5(2)6-3-4-11-8(9)7(6)10;1-6(2)7-3-4-9-8(10)5-7/h3-5H,1-2H3;3-6H,1-2H3,(H,9,10). The topological polar surface area (TPSA) is 28.7 Å². The summed E-state index contributed by atoms with van der Waals surface area (Å²) < 4.78 is 13.9. The normalized spacial score (nSPS) is 10.5. The SMILES string of the molecule is CC(C)c1cc[nH]c(=S)c1.CC(C)c1ccnc(Cl)c1F. The molecular formula is C16H20ClFN2S. The molecule has 2 rings (SSSR count). The van der Waals surface area contributed by atoms with Gasteiger partial charge in [0.15, 0.2) is 11.0 Å². The number of rotatable bonds is 2. The molecule has 0 aliphatic heterocycles. The number of nitrogens with one attached hydrogen (secondary N) is 1. The highest BCUT2D eigenvalue weighted by molar-refractivity contribution is 7.71. The van der Waals surface area contributed by atoms with Gasteiger partial charge in [-0.2, -0.15) is 0 Å². The molecule has 0 spiro atoms. The first-order valence-corrected chi connectivity index (χ1v) is 7.60. The molecule has 1 N–H and O–H groups in total. The largest absolute Gasteiger partial charge is 0.353 e. The first-order valence-electron chi connectivity index (χ1n) is 6.81. The monoisotopic (exact) mass is 326 g/mol. The Hall–Kier alpha value is -1.26. The molecule has 2 heterocycles. The lowest BCUT2D eigenvalue weighted by atomic mass is 10.1. The van der Waals surface area contributed by atoms with E-state index in [0.29, 0.717) is 11.5 Å². The van der Waals surface area contributed by atoms with Gasteiger partial charge < -0.3 is 4.98 Å². The van der Waals surface area contributed by atoms with E-state index in [1.54, 1.807) is 6.07 Å². The lowest BCUT2D eigenvalue weighted by Gasteiger charge is -2.05. The van der Waals surface area contributed by atoms with Crippen molar-refractivity contribution in [1.29, 1.82) is 0 Å². The minimum atomic E-state index is -0.399. The average Bonchev–Trinajstić information content (AvgIpc) is 2.42. The fourth-order valence-corrected chi connectivity index (χ4v) is 2.07. The molecule has 0 aliphatic carbocycles. The van der Waals surface area contributed by atoms with Crippen molar-refractivity contribution in [1.82, 2.24) is 9.97 Å². The van der Waals surface area contributed by atoms with Crippen LogP contribution < -0.4 is 0 Å². The number of hydrogen-bond acceptors (Lipinski definition) is 2. The molecule has 0 atom stereocenters. The summed E-state index contributed by atoms with van der Waals surface area (Å²) in [6, 6.07) is 5.70. The van der Waals surface area contributed by atoms with Crippen LogP contribution in [0.2, 0.25) is 5.15 Å². The van der Waals surface area contributed by atoms with Crippen molar-refractivity contribution < 1.29 is 4.39 Å². The second-order valence-corrected chi connectivity index (χ2v) is 6.10. The van der Waals surface area contributed by atoms with Gasteiger partial charge in [-0.05, 0) is 41.2 Å². The van der Waals surface area contributed by atoms with Crippen molar-refractivity contribution in [2.24, 2.45) is 0 Å². The maximum atomic E-state index is 13.1. The molecule has 5 heteroatoms. The fourth-order valence-electron chi connectivity index (χ4n) is 1.70. The first kappa shape index (κ1) is 17.8. The van der Waals surface area contributed by atoms with Crippen molar-refractivity contribution >= 4 is 23.8 Å². The van der Waals surface area contributed by atoms with Gasteiger partial charge in [-0.25, -0.2) is 9.37 Å². The van der Waals surface area contributed by atoms with Gasteiger partial charge in [-0.3, -0.25) is 0 Å². The Bertz CT molecular complexity index is 638. The summed E-state index contributed by atoms with van der Waals surface area (Å²) in [5, 5.41) is -0.0452. The van der Waals surface area contributed by atoms with E-state index in [1.165, 1.54) is 11.8 Å². The Morgan fingerprint density at radius 2 is 1.86 bits per heavy atom. The number of hydrogen-bond donors (Lipinski definition) is 1. The van der Waals surface area contributed by atoms with E-state index < -0.39 is 5.82 Å². The quantitative estimate of drug-likeness (QED) is 0.552. The zero-order valence-electron chi connectivity index (χ0n) is 12.7. The molecule has 0 bridgehead atoms. The maximum absolute atomic E-state index is 13.1. The summed E-state index contributed by atoms with van der Waals surface area (Å²) in [6.07, 6.45) is 3.40. The van der Waals surface area contributed by atoms with Crippen molar-refractivity contribution in [3.05, 3.63) is 57.3 Å². The number of aromatic nitrogens is 2. The van der Waals surface area contributed by atoms with E-state index >= 15 is 0 Å². The first-order chi connectivity index (χ1) is 9.82. The Morgan fingerprint density at radius 3 is 2.29 bits per heavy atom. The molecule has 2 aromatic rings. The third-order valence-electron chi connectivity index (χ3n) is 2.96. The predicted octanol–water partition coefficient (Wildman–Crippen LogP) is 5.87. The van der Waals surface area contributed by atoms with Crippen LogP contribution >= 0.6 is 23.8 Å². The highest BCUT2D eigenvalue weighted by Gasteiger charge is 2.09. The van der Waals surface area contributed by atoms with Crippen LogP contribution in [0.15, 0.2) is 30.6 Å². The summed E-state index contributed by atoms with van der Waals surface area (Å²) >= 11 is 10.4. The van der Waals surface area contributed by atoms with Crippen molar-refractivity contribution in [3.8, 4) is 0 Å². The van der Waals surface area contributed by atoms with Gasteiger partial charge in [-0.1, -0.05) is 51.5 Å². The predicted molar refractivity (Wildman–Crippen MR) is 89.0 cm³/mol. The lowest BCUT2D eigenvalue weighted by Crippen LogP contribution is -1.94. The number of pyridine rings is 2. The summed E-state index contributed by atoms with van der Waals surface area (Å²) in [7, 11) is 0. The number of halogens is 2. The summed E-state index contributed by atoms with van der Waals surface area (Å²) in [4.78, 5) is 6.55. The minimum Gasteiger partial charge on any atom is -0.353 e. The van der Waals surface area contributed by atoms with Gasteiger partial charge in [0.2, 0.25) is 0 Å². The molecule has 21 heavy (non-hydrogen) atoms. The van der Waals surface area contributed by atoms with Crippen LogP contribution in [0.3, 0.4) is 0 Å². The maximum Gasteiger partial charge on any atom is 0.165 e. The Kier molecular flexibility index (Phi) is 6.99. The fraction of sp³-hybridized carbons (Fsp3) is 0.375. The third-order valence-corrected chi connectivity index (χ3v) is 3.46. The molecule has 0 saturated carbocycles. The highest BCUT2D eigenvalue weighted by Crippen LogP contribution is 2.21. The number of aromatic amines is 1. The summed E-state index contributed by atoms with van der Waals surface area (Å²) in [5.74, 6) is 0.316. The van der Waals surface area contributed by atoms with E-state index in [4.69, 9.17) is 23.8 Å². The molecule has 0 unspecified atom stereocenters. The van der Waals surface area contributed by atoms with Crippen LogP contribution in [0.4, 0.5) is 4.39 Å². The molecule has 0 radical (unpaired) electrons. The molecule has 114 valence electrons. The molecule has 2 aromatic heterocycles. The average molecular weight is 327 g/mol. The molecule has 0 aromatic carbocycles. The van der Waals surface area contributed by atoms with Crippen LogP contribution in [0.1, 0.15) is 50.7 Å². The van der Waals surface area contributed by atoms with Gasteiger partial charge in [0.05, 0.1) is 0 Å². The van der Waals surface area contributed by atoms with Crippen LogP contribution in [0, 0.1) is 10.5 Å². The van der Waals surface area contributed by atoms with Gasteiger partial charge >= 0.3 is 0 Å². The molecule has 2 nitrogen and oxygen atoms in total. The second-order valence-electron chi connectivity index (χ2n) is 5.30. The lowest BCUT2D eigenvalue weighted by molar-refractivity contribution is 0.592. The summed E-state index contributed by atoms with van der Waals surface area (Å²) in [5.41, 5.74) is 1.91. The van der Waals surface area contributed by atoms with Gasteiger partial charge in [-0.15, -0.1) is 0 Å². The van der Waals surface area contributed by atoms with E-state index in [0.717, 1.165) is 4.64 Å². The van der Waals surface area contributed by atoms with Crippen LogP contribution in [-0.4, -0.2) is 9.97 Å². The zero-order chi connectivity index (χ0) is 16.0. The van der Waals surface area contributed by atoms with Gasteiger partial charge in [0.1, 0.15) is 4.64 Å². The Balaban J connectivity index is 0.000000211. The number of H-pyrrole nitrogens is 1. The van der Waals surface area contributed by atoms with Gasteiger partial charge in [0.25, 0.3) is 0 Å². The van der Waals surface area contributed by atoms with Crippen LogP contribution in [0.5, 0.6) is 0 Å². The summed E-state index contributed by atoms with van der Waals surface area (Å²) in [6.45, 7) is 8.14. The Labute approximate surface area is 135 Å². The smallest absolute Gasteiger partial charge is 0.165 e. The van der Waals surface area contributed by atoms with E-state index in [2.05, 4.69) is 29.9 Å². The Morgan fingerprint density at radius 1 is 1.19 bits per heavy atom. The van der Waals surface area contributed by atoms with Crippen LogP contribution in [-0.2, 0) is 0 Å². The molecule has 0 amide bonds. The van der Waals surface area contributed by atoms with E-state index in [-0.39, 0.29) is 11.1 Å². The molecular weight excluding hydrogens is 307 g/mol. The molecule has 0 fully saturated rings. The zero-order valence-corrected chi connectivity index (χ0v) is 14.2. The van der Waals surface area contributed by atoms with Crippen LogP contribution in [0.25, 0.3) is 0 Å². The number of nitrogens with zero attached hydrogens (tertiary/aromatic N) is 1. The highest BCUT2D eigenvalue weighted by atomic mass is 35.5. The van der Waals surface area contributed by atoms with E-state index in [9.17, 15) is 4.39 Å². The van der Waals surface area contributed by atoms with Crippen molar-refractivity contribution in [2.75, 3.05) is 0 Å². The second kappa shape index (κ2) is 8.25. The molecule has 0 aliphatic rings. The van der Waals surface area contributed by atoms with Gasteiger partial charge in [0, 0.05) is 12.4 Å². The van der Waals surface area contributed by atoms with Crippen molar-refractivity contribution in [2.45, 2.75) is 39.5 Å². The third kappa shape index (κ3) is 5.56. The minimum absolute atomic E-state index is 0.0452. The van der Waals surface area contributed by atoms with E-state index in [1.807, 2.05) is 26.1 Å². The molecule has 0 saturated heterocycles.